The maximum Gasteiger partial charge on any atom is 0.433 e. The molecule has 0 aliphatic carbocycles. The van der Waals surface area contributed by atoms with Crippen molar-refractivity contribution in [3.05, 3.63) is 47.8 Å². The van der Waals surface area contributed by atoms with E-state index in [0.717, 1.165) is 31.6 Å². The van der Waals surface area contributed by atoms with Gasteiger partial charge in [-0.3, -0.25) is 4.90 Å². The first-order valence-electron chi connectivity index (χ1n) is 9.12. The Hall–Kier alpha value is -2.49. The van der Waals surface area contributed by atoms with Crippen LogP contribution in [0.15, 0.2) is 36.5 Å². The number of nitrogens with zero attached hydrogens (tertiary/aromatic N) is 4. The predicted octanol–water partition coefficient (Wildman–Crippen LogP) is 4.20. The van der Waals surface area contributed by atoms with Gasteiger partial charge in [-0.25, -0.2) is 9.97 Å². The number of likely N-dealkylation sites (N-methyl/N-ethyl adjacent to an activating group) is 1. The number of piperidine rings is 1. The van der Waals surface area contributed by atoms with Crippen molar-refractivity contribution in [3.8, 4) is 5.75 Å². The number of para-hydroxylation sites is 1. The van der Waals surface area contributed by atoms with E-state index < -0.39 is 18.5 Å². The van der Waals surface area contributed by atoms with Crippen LogP contribution in [0.25, 0.3) is 0 Å². The molecule has 2 aromatic rings. The van der Waals surface area contributed by atoms with Gasteiger partial charge in [0.05, 0.1) is 0 Å². The predicted molar refractivity (Wildman–Crippen MR) is 96.8 cm³/mol. The first-order valence-corrected chi connectivity index (χ1v) is 9.12. The summed E-state index contributed by atoms with van der Waals surface area (Å²) >= 11 is 0. The number of rotatable bonds is 6. The number of ether oxygens (including phenoxy) is 1. The number of halogens is 5. The van der Waals surface area contributed by atoms with Crippen molar-refractivity contribution in [1.29, 1.82) is 0 Å². The average Bonchev–Trinajstić information content (AvgIpc) is 2.68. The third-order valence-corrected chi connectivity index (χ3v) is 4.86. The zero-order chi connectivity index (χ0) is 21.0. The van der Waals surface area contributed by atoms with E-state index in [1.807, 2.05) is 0 Å². The summed E-state index contributed by atoms with van der Waals surface area (Å²) in [7, 11) is 1.66. The first-order chi connectivity index (χ1) is 13.7. The highest BCUT2D eigenvalue weighted by atomic mass is 19.4. The van der Waals surface area contributed by atoms with Gasteiger partial charge in [-0.05, 0) is 31.5 Å². The van der Waals surface area contributed by atoms with Crippen LogP contribution in [0.4, 0.5) is 27.9 Å². The fourth-order valence-corrected chi connectivity index (χ4v) is 3.42. The maximum atomic E-state index is 12.9. The molecule has 5 nitrogen and oxygen atoms in total. The molecule has 1 aromatic heterocycles. The molecule has 1 aliphatic heterocycles. The summed E-state index contributed by atoms with van der Waals surface area (Å²) < 4.78 is 68.6. The SMILES string of the molecule is CN(c1nccc(C(F)(F)F)n1)C1CCCN(Cc2ccccc2OC(F)F)C1. The lowest BCUT2D eigenvalue weighted by Crippen LogP contribution is -2.46. The zero-order valence-corrected chi connectivity index (χ0v) is 15.7. The Kier molecular flexibility index (Phi) is 6.51. The molecular weight excluding hydrogens is 395 g/mol. The smallest absolute Gasteiger partial charge is 0.433 e. The molecule has 1 fully saturated rings. The number of benzene rings is 1. The van der Waals surface area contributed by atoms with Crippen molar-refractivity contribution in [2.75, 3.05) is 25.0 Å². The van der Waals surface area contributed by atoms with Crippen LogP contribution in [0.1, 0.15) is 24.1 Å². The lowest BCUT2D eigenvalue weighted by Gasteiger charge is -2.37. The van der Waals surface area contributed by atoms with E-state index in [9.17, 15) is 22.0 Å². The molecular formula is C19H21F5N4O. The summed E-state index contributed by atoms with van der Waals surface area (Å²) in [6, 6.07) is 7.32. The molecule has 158 valence electrons. The number of aromatic nitrogens is 2. The fraction of sp³-hybridized carbons (Fsp3) is 0.474. The molecule has 1 aromatic carbocycles. The van der Waals surface area contributed by atoms with Gasteiger partial charge in [-0.15, -0.1) is 0 Å². The van der Waals surface area contributed by atoms with Crippen molar-refractivity contribution in [3.63, 3.8) is 0 Å². The second-order valence-electron chi connectivity index (χ2n) is 6.87. The minimum atomic E-state index is -4.54. The number of hydrogen-bond acceptors (Lipinski definition) is 5. The fourth-order valence-electron chi connectivity index (χ4n) is 3.42. The lowest BCUT2D eigenvalue weighted by atomic mass is 10.0. The minimum Gasteiger partial charge on any atom is -0.434 e. The Morgan fingerprint density at radius 2 is 2.00 bits per heavy atom. The molecule has 1 saturated heterocycles. The van der Waals surface area contributed by atoms with Gasteiger partial charge >= 0.3 is 12.8 Å². The summed E-state index contributed by atoms with van der Waals surface area (Å²) in [5, 5.41) is 0. The maximum absolute atomic E-state index is 12.9. The standard InChI is InChI=1S/C19H21F5N4O/c1-27(18-25-9-8-16(26-18)19(22,23)24)14-6-4-10-28(12-14)11-13-5-2-3-7-15(13)29-17(20)21/h2-3,5,7-9,14,17H,4,6,10-12H2,1H3. The van der Waals surface area contributed by atoms with Crippen LogP contribution < -0.4 is 9.64 Å². The Bertz CT molecular complexity index is 817. The normalized spacial score (nSPS) is 18.1. The van der Waals surface area contributed by atoms with Gasteiger partial charge < -0.3 is 9.64 Å². The third kappa shape index (κ3) is 5.53. The number of hydrogen-bond donors (Lipinski definition) is 0. The second-order valence-corrected chi connectivity index (χ2v) is 6.87. The highest BCUT2D eigenvalue weighted by molar-refractivity contribution is 5.34. The van der Waals surface area contributed by atoms with Gasteiger partial charge in [0.1, 0.15) is 11.4 Å². The van der Waals surface area contributed by atoms with Gasteiger partial charge in [0.25, 0.3) is 0 Å². The van der Waals surface area contributed by atoms with Gasteiger partial charge in [-0.1, -0.05) is 18.2 Å². The van der Waals surface area contributed by atoms with E-state index in [-0.39, 0.29) is 17.7 Å². The number of alkyl halides is 5. The summed E-state index contributed by atoms with van der Waals surface area (Å²) in [6.07, 6.45) is -1.86. The largest absolute Gasteiger partial charge is 0.434 e. The summed E-state index contributed by atoms with van der Waals surface area (Å²) in [5.74, 6) is 0.132. The molecule has 2 heterocycles. The Balaban J connectivity index is 1.70. The van der Waals surface area contributed by atoms with E-state index in [1.165, 1.54) is 6.07 Å². The Labute approximate surface area is 165 Å². The van der Waals surface area contributed by atoms with Crippen LogP contribution in [0.5, 0.6) is 5.75 Å². The monoisotopic (exact) mass is 416 g/mol. The van der Waals surface area contributed by atoms with Gasteiger partial charge in [-0.2, -0.15) is 22.0 Å². The highest BCUT2D eigenvalue weighted by Gasteiger charge is 2.34. The Morgan fingerprint density at radius 3 is 2.72 bits per heavy atom. The Morgan fingerprint density at radius 1 is 1.24 bits per heavy atom. The van der Waals surface area contributed by atoms with E-state index in [2.05, 4.69) is 19.6 Å². The first kappa shape index (κ1) is 21.2. The molecule has 0 N–H and O–H groups in total. The van der Waals surface area contributed by atoms with E-state index in [1.54, 1.807) is 30.1 Å². The van der Waals surface area contributed by atoms with Crippen molar-refractivity contribution < 1.29 is 26.7 Å². The van der Waals surface area contributed by atoms with E-state index >= 15 is 0 Å². The molecule has 0 saturated carbocycles. The van der Waals surface area contributed by atoms with Gasteiger partial charge in [0, 0.05) is 37.9 Å². The third-order valence-electron chi connectivity index (χ3n) is 4.86. The molecule has 0 radical (unpaired) electrons. The molecule has 29 heavy (non-hydrogen) atoms. The second kappa shape index (κ2) is 8.89. The van der Waals surface area contributed by atoms with E-state index in [0.29, 0.717) is 18.7 Å². The molecule has 1 unspecified atom stereocenters. The zero-order valence-electron chi connectivity index (χ0n) is 15.7. The average molecular weight is 416 g/mol. The van der Waals surface area contributed by atoms with Crippen LogP contribution in [-0.2, 0) is 12.7 Å². The van der Waals surface area contributed by atoms with Gasteiger partial charge in [0.15, 0.2) is 0 Å². The van der Waals surface area contributed by atoms with Gasteiger partial charge in [0.2, 0.25) is 5.95 Å². The molecule has 0 amide bonds. The lowest BCUT2D eigenvalue weighted by molar-refractivity contribution is -0.141. The highest BCUT2D eigenvalue weighted by Crippen LogP contribution is 2.29. The molecule has 3 rings (SSSR count). The molecule has 1 aliphatic rings. The van der Waals surface area contributed by atoms with Crippen LogP contribution in [0.2, 0.25) is 0 Å². The summed E-state index contributed by atoms with van der Waals surface area (Å²) in [4.78, 5) is 11.3. The van der Waals surface area contributed by atoms with E-state index in [4.69, 9.17) is 0 Å². The molecule has 10 heteroatoms. The molecule has 1 atom stereocenters. The van der Waals surface area contributed by atoms with Crippen LogP contribution in [0.3, 0.4) is 0 Å². The van der Waals surface area contributed by atoms with Crippen molar-refractivity contribution in [1.82, 2.24) is 14.9 Å². The summed E-state index contributed by atoms with van der Waals surface area (Å²) in [6.45, 7) is -1.22. The van der Waals surface area contributed by atoms with Crippen molar-refractivity contribution >= 4 is 5.95 Å². The quantitative estimate of drug-likeness (QED) is 0.661. The molecule has 0 spiro atoms. The number of anilines is 1. The summed E-state index contributed by atoms with van der Waals surface area (Å²) in [5.41, 5.74) is -0.355. The minimum absolute atomic E-state index is 0.00751. The molecule has 0 bridgehead atoms. The van der Waals surface area contributed by atoms with Crippen LogP contribution in [0, 0.1) is 0 Å². The van der Waals surface area contributed by atoms with Crippen LogP contribution in [-0.4, -0.2) is 47.7 Å². The van der Waals surface area contributed by atoms with Crippen LogP contribution >= 0.6 is 0 Å². The van der Waals surface area contributed by atoms with Crippen molar-refractivity contribution in [2.45, 2.75) is 38.2 Å². The van der Waals surface area contributed by atoms with Crippen molar-refractivity contribution in [2.24, 2.45) is 0 Å². The number of likely N-dealkylation sites (tertiary alicyclic amines) is 1. The topological polar surface area (TPSA) is 41.5 Å².